The molecule has 10 atom stereocenters. The van der Waals surface area contributed by atoms with Gasteiger partial charge in [-0.2, -0.15) is 0 Å². The molecule has 0 radical (unpaired) electrons. The molecule has 8 N–H and O–H groups in total. The van der Waals surface area contributed by atoms with E-state index in [4.69, 9.17) is 23.4 Å². The largest absolute Gasteiger partial charge is 0.508 e. The molecule has 0 saturated carbocycles. The molecule has 2 fully saturated rings. The highest BCUT2D eigenvalue weighted by atomic mass is 16.7. The number of hydrogen-bond donors (Lipinski definition) is 8. The predicted molar refractivity (Wildman–Crippen MR) is 137 cm³/mol. The molecular weight excluding hydrogens is 548 g/mol. The van der Waals surface area contributed by atoms with Gasteiger partial charge in [-0.15, -0.1) is 0 Å². The highest BCUT2D eigenvalue weighted by Crippen LogP contribution is 2.36. The molecule has 2 aromatic carbocycles. The summed E-state index contributed by atoms with van der Waals surface area (Å²) in [5.41, 5.74) is -0.0889. The van der Waals surface area contributed by atoms with Crippen molar-refractivity contribution in [3.05, 3.63) is 52.7 Å². The van der Waals surface area contributed by atoms with Crippen molar-refractivity contribution in [3.8, 4) is 28.6 Å². The van der Waals surface area contributed by atoms with Gasteiger partial charge in [0.25, 0.3) is 0 Å². The van der Waals surface area contributed by atoms with Crippen molar-refractivity contribution in [2.75, 3.05) is 6.61 Å². The first kappa shape index (κ1) is 29.2. The summed E-state index contributed by atoms with van der Waals surface area (Å²) < 4.78 is 27.7. The van der Waals surface area contributed by atoms with Gasteiger partial charge in [0.05, 0.1) is 12.7 Å². The van der Waals surface area contributed by atoms with Gasteiger partial charge in [-0.05, 0) is 43.3 Å². The molecule has 14 heteroatoms. The Morgan fingerprint density at radius 3 is 2.15 bits per heavy atom. The Kier molecular flexibility index (Phi) is 8.20. The summed E-state index contributed by atoms with van der Waals surface area (Å²) in [6.07, 6.45) is -15.1. The average molecular weight is 579 g/mol. The summed E-state index contributed by atoms with van der Waals surface area (Å²) in [5.74, 6) is -0.711. The molecule has 0 aliphatic carbocycles. The van der Waals surface area contributed by atoms with Crippen LogP contribution >= 0.6 is 0 Å². The van der Waals surface area contributed by atoms with E-state index in [1.807, 2.05) is 0 Å². The maximum absolute atomic E-state index is 12.9. The van der Waals surface area contributed by atoms with Gasteiger partial charge in [-0.1, -0.05) is 0 Å². The third-order valence-electron chi connectivity index (χ3n) is 7.13. The second-order valence-corrected chi connectivity index (χ2v) is 9.95. The van der Waals surface area contributed by atoms with Crippen LogP contribution in [0, 0.1) is 0 Å². The number of ether oxygens (including phenoxy) is 4. The van der Waals surface area contributed by atoms with E-state index < -0.39 is 79.2 Å². The second kappa shape index (κ2) is 11.5. The topological polar surface area (TPSA) is 229 Å². The number of fused-ring (bicyclic) bond motifs is 1. The zero-order valence-electron chi connectivity index (χ0n) is 21.5. The average Bonchev–Trinajstić information content (AvgIpc) is 2.95. The van der Waals surface area contributed by atoms with Crippen LogP contribution in [0.4, 0.5) is 0 Å². The number of aliphatic hydroxyl groups excluding tert-OH is 6. The lowest BCUT2D eigenvalue weighted by Crippen LogP contribution is -2.61. The van der Waals surface area contributed by atoms with E-state index in [0.29, 0.717) is 5.56 Å². The molecule has 2 aliphatic heterocycles. The number of rotatable bonds is 6. The van der Waals surface area contributed by atoms with Crippen LogP contribution in [0.2, 0.25) is 0 Å². The Morgan fingerprint density at radius 1 is 0.780 bits per heavy atom. The zero-order chi connectivity index (χ0) is 29.6. The number of aliphatic hydroxyl groups is 6. The van der Waals surface area contributed by atoms with E-state index >= 15 is 0 Å². The minimum atomic E-state index is -1.79. The molecule has 2 aliphatic rings. The van der Waals surface area contributed by atoms with Gasteiger partial charge in [0, 0.05) is 11.6 Å². The standard InChI is InChI=1S/C27H30O14/c1-10-19(30)22(33)24(35)26(38-10)37-9-17-21(32)23(34)25(36)27(41-17)40-15-7-6-14-18(20(15)31)13(29)8-16(39-14)11-2-4-12(28)5-3-11/h2-8,10,17,19,21-28,30-36H,9H2,1H3/t10-,17+,19-,21+,22+,23-,24+,25+,26+,27+/m0/s1. The molecule has 41 heavy (non-hydrogen) atoms. The lowest BCUT2D eigenvalue weighted by molar-refractivity contribution is -0.318. The minimum Gasteiger partial charge on any atom is -0.508 e. The highest BCUT2D eigenvalue weighted by Gasteiger charge is 2.47. The van der Waals surface area contributed by atoms with Crippen molar-refractivity contribution < 1.29 is 64.2 Å². The molecular formula is C27H30O14. The van der Waals surface area contributed by atoms with Crippen molar-refractivity contribution in [3.63, 3.8) is 0 Å². The van der Waals surface area contributed by atoms with E-state index in [0.717, 1.165) is 6.07 Å². The fourth-order valence-corrected chi connectivity index (χ4v) is 4.70. The monoisotopic (exact) mass is 578 g/mol. The fraction of sp³-hybridized carbons (Fsp3) is 0.444. The summed E-state index contributed by atoms with van der Waals surface area (Å²) in [6.45, 7) is 0.951. The van der Waals surface area contributed by atoms with Crippen LogP contribution in [0.25, 0.3) is 22.3 Å². The lowest BCUT2D eigenvalue weighted by Gasteiger charge is -2.42. The first-order valence-corrected chi connectivity index (χ1v) is 12.7. The minimum absolute atomic E-state index is 0.0184. The van der Waals surface area contributed by atoms with Gasteiger partial charge >= 0.3 is 0 Å². The summed E-state index contributed by atoms with van der Waals surface area (Å²) in [5, 5.41) is 81.3. The summed E-state index contributed by atoms with van der Waals surface area (Å²) in [4.78, 5) is 12.9. The Morgan fingerprint density at radius 2 is 1.44 bits per heavy atom. The van der Waals surface area contributed by atoms with Gasteiger partial charge in [0.15, 0.2) is 23.2 Å². The smallest absolute Gasteiger partial charge is 0.229 e. The summed E-state index contributed by atoms with van der Waals surface area (Å²) in [6, 6.07) is 9.69. The SMILES string of the molecule is C[C@@H]1O[C@@H](OC[C@H]2O[C@@H](Oc3ccc4oc(-c5ccc(O)cc5)cc(=O)c4c3O)[C@H](O)[C@@H](O)[C@@H]2O)[C@H](O)[C@H](O)[C@H]1O. The van der Waals surface area contributed by atoms with Crippen LogP contribution in [0.3, 0.4) is 0 Å². The van der Waals surface area contributed by atoms with Gasteiger partial charge in [-0.3, -0.25) is 4.79 Å². The molecule has 0 bridgehead atoms. The number of phenolic OH excluding ortho intramolecular Hbond substituents is 2. The van der Waals surface area contributed by atoms with Crippen molar-refractivity contribution in [1.82, 2.24) is 0 Å². The third-order valence-corrected chi connectivity index (χ3v) is 7.13. The molecule has 2 saturated heterocycles. The predicted octanol–water partition coefficient (Wildman–Crippen LogP) is -1.10. The maximum Gasteiger partial charge on any atom is 0.229 e. The van der Waals surface area contributed by atoms with Gasteiger partial charge in [-0.25, -0.2) is 0 Å². The van der Waals surface area contributed by atoms with E-state index in [2.05, 4.69) is 0 Å². The molecule has 3 heterocycles. The van der Waals surface area contributed by atoms with Crippen LogP contribution in [-0.2, 0) is 14.2 Å². The highest BCUT2D eigenvalue weighted by molar-refractivity contribution is 5.87. The van der Waals surface area contributed by atoms with E-state index in [1.54, 1.807) is 12.1 Å². The molecule has 0 unspecified atom stereocenters. The molecule has 0 amide bonds. The first-order valence-electron chi connectivity index (χ1n) is 12.7. The fourth-order valence-electron chi connectivity index (χ4n) is 4.70. The molecule has 0 spiro atoms. The number of aromatic hydroxyl groups is 2. The van der Waals surface area contributed by atoms with Crippen molar-refractivity contribution >= 4 is 11.0 Å². The van der Waals surface area contributed by atoms with Gasteiger partial charge < -0.3 is 64.2 Å². The van der Waals surface area contributed by atoms with Crippen LogP contribution in [0.1, 0.15) is 6.92 Å². The molecule has 5 rings (SSSR count). The number of benzene rings is 2. The Hall–Kier alpha value is -3.31. The number of hydrogen-bond acceptors (Lipinski definition) is 14. The molecule has 1 aromatic heterocycles. The number of phenols is 2. The third kappa shape index (κ3) is 5.61. The van der Waals surface area contributed by atoms with Crippen molar-refractivity contribution in [2.24, 2.45) is 0 Å². The van der Waals surface area contributed by atoms with E-state index in [9.17, 15) is 45.6 Å². The lowest BCUT2D eigenvalue weighted by atomic mass is 9.98. The van der Waals surface area contributed by atoms with E-state index in [-0.39, 0.29) is 28.2 Å². The van der Waals surface area contributed by atoms with Crippen LogP contribution in [-0.4, -0.2) is 109 Å². The van der Waals surface area contributed by atoms with Crippen LogP contribution in [0.15, 0.2) is 51.7 Å². The maximum atomic E-state index is 12.9. The van der Waals surface area contributed by atoms with Crippen molar-refractivity contribution in [1.29, 1.82) is 0 Å². The Balaban J connectivity index is 1.33. The normalized spacial score (nSPS) is 34.0. The Labute approximate surface area is 231 Å². The second-order valence-electron chi connectivity index (χ2n) is 9.95. The zero-order valence-corrected chi connectivity index (χ0v) is 21.5. The molecule has 222 valence electrons. The molecule has 3 aromatic rings. The van der Waals surface area contributed by atoms with Crippen LogP contribution in [0.5, 0.6) is 17.2 Å². The molecule has 14 nitrogen and oxygen atoms in total. The van der Waals surface area contributed by atoms with Gasteiger partial charge in [0.2, 0.25) is 6.29 Å². The van der Waals surface area contributed by atoms with Crippen LogP contribution < -0.4 is 10.2 Å². The Bertz CT molecular complexity index is 1420. The van der Waals surface area contributed by atoms with Gasteiger partial charge in [0.1, 0.15) is 65.2 Å². The van der Waals surface area contributed by atoms with E-state index in [1.165, 1.54) is 31.2 Å². The first-order chi connectivity index (χ1) is 19.5. The summed E-state index contributed by atoms with van der Waals surface area (Å²) in [7, 11) is 0. The van der Waals surface area contributed by atoms with Crippen molar-refractivity contribution in [2.45, 2.75) is 68.3 Å². The summed E-state index contributed by atoms with van der Waals surface area (Å²) >= 11 is 0. The quantitative estimate of drug-likeness (QED) is 0.174.